The van der Waals surface area contributed by atoms with Gasteiger partial charge < -0.3 is 19.3 Å². The van der Waals surface area contributed by atoms with Crippen molar-refractivity contribution in [1.29, 1.82) is 0 Å². The van der Waals surface area contributed by atoms with Gasteiger partial charge in [-0.25, -0.2) is 9.59 Å². The van der Waals surface area contributed by atoms with Gasteiger partial charge in [-0.1, -0.05) is 66.7 Å². The van der Waals surface area contributed by atoms with Gasteiger partial charge in [0.2, 0.25) is 0 Å². The minimum absolute atomic E-state index is 0.107. The molecule has 1 heterocycles. The van der Waals surface area contributed by atoms with Crippen molar-refractivity contribution in [2.24, 2.45) is 11.8 Å². The monoisotopic (exact) mass is 543 g/mol. The summed E-state index contributed by atoms with van der Waals surface area (Å²) in [7, 11) is 0. The van der Waals surface area contributed by atoms with Gasteiger partial charge in [-0.2, -0.15) is 0 Å². The topological polar surface area (TPSA) is 85.3 Å². The number of amides is 1. The van der Waals surface area contributed by atoms with E-state index < -0.39 is 23.7 Å². The molecule has 1 saturated carbocycles. The number of fused-ring (bicyclic) bond motifs is 1. The first kappa shape index (κ1) is 27.7. The van der Waals surface area contributed by atoms with Crippen LogP contribution >= 0.6 is 0 Å². The van der Waals surface area contributed by atoms with Crippen molar-refractivity contribution in [3.8, 4) is 5.75 Å². The highest BCUT2D eigenvalue weighted by Gasteiger charge is 2.60. The molecule has 7 heteroatoms. The number of ether oxygens (including phenoxy) is 3. The second kappa shape index (κ2) is 12.1. The molecule has 40 heavy (non-hydrogen) atoms. The van der Waals surface area contributed by atoms with Crippen molar-refractivity contribution in [2.75, 3.05) is 19.8 Å². The molecule has 0 spiro atoms. The van der Waals surface area contributed by atoms with E-state index in [9.17, 15) is 14.7 Å². The molecule has 5 rings (SSSR count). The molecule has 7 nitrogen and oxygen atoms in total. The zero-order valence-electron chi connectivity index (χ0n) is 23.1. The highest BCUT2D eigenvalue weighted by Crippen LogP contribution is 2.53. The van der Waals surface area contributed by atoms with E-state index in [2.05, 4.69) is 12.1 Å². The third-order valence-electron chi connectivity index (χ3n) is 8.26. The van der Waals surface area contributed by atoms with Crippen molar-refractivity contribution >= 4 is 12.1 Å². The lowest BCUT2D eigenvalue weighted by Crippen LogP contribution is -2.44. The van der Waals surface area contributed by atoms with E-state index in [4.69, 9.17) is 14.2 Å². The Morgan fingerprint density at radius 1 is 0.975 bits per heavy atom. The summed E-state index contributed by atoms with van der Waals surface area (Å²) >= 11 is 0. The number of aryl methyl sites for hydroxylation is 1. The molecule has 1 aliphatic carbocycles. The van der Waals surface area contributed by atoms with E-state index in [0.717, 1.165) is 28.9 Å². The number of aliphatic hydroxyl groups is 1. The molecule has 2 aliphatic rings. The van der Waals surface area contributed by atoms with Crippen LogP contribution in [0.15, 0.2) is 78.9 Å². The molecule has 0 radical (unpaired) electrons. The van der Waals surface area contributed by atoms with Crippen LogP contribution in [0.5, 0.6) is 5.75 Å². The molecule has 1 amide bonds. The van der Waals surface area contributed by atoms with Gasteiger partial charge in [0, 0.05) is 18.9 Å². The molecular weight excluding hydrogens is 506 g/mol. The maximum atomic E-state index is 13.2. The summed E-state index contributed by atoms with van der Waals surface area (Å²) in [5, 5.41) is 12.0. The molecule has 0 aromatic heterocycles. The smallest absolute Gasteiger partial charge is 0.410 e. The summed E-state index contributed by atoms with van der Waals surface area (Å²) in [6, 6.07) is 24.6. The number of likely N-dealkylation sites (tertiary alicyclic amines) is 1. The van der Waals surface area contributed by atoms with Crippen molar-refractivity contribution in [1.82, 2.24) is 4.90 Å². The van der Waals surface area contributed by atoms with Gasteiger partial charge in [0.15, 0.2) is 0 Å². The number of hydrogen-bond donors (Lipinski definition) is 1. The predicted octanol–water partition coefficient (Wildman–Crippen LogP) is 5.41. The van der Waals surface area contributed by atoms with Gasteiger partial charge in [0.1, 0.15) is 18.4 Å². The predicted molar refractivity (Wildman–Crippen MR) is 151 cm³/mol. The molecule has 2 fully saturated rings. The van der Waals surface area contributed by atoms with Crippen LogP contribution in [0, 0.1) is 18.8 Å². The summed E-state index contributed by atoms with van der Waals surface area (Å²) < 4.78 is 17.0. The zero-order valence-corrected chi connectivity index (χ0v) is 23.1. The van der Waals surface area contributed by atoms with E-state index in [1.807, 2.05) is 73.7 Å². The number of carbonyl (C=O) groups excluding carboxylic acids is 2. The van der Waals surface area contributed by atoms with Crippen LogP contribution in [-0.4, -0.2) is 47.9 Å². The molecule has 1 unspecified atom stereocenters. The summed E-state index contributed by atoms with van der Waals surface area (Å²) in [6.07, 6.45) is 1.33. The third kappa shape index (κ3) is 5.70. The molecule has 1 aliphatic heterocycles. The lowest BCUT2D eigenvalue weighted by molar-refractivity contribution is -0.149. The van der Waals surface area contributed by atoms with Crippen molar-refractivity contribution < 1.29 is 28.9 Å². The lowest BCUT2D eigenvalue weighted by Gasteiger charge is -2.31. The molecule has 3 aromatic rings. The first-order valence-corrected chi connectivity index (χ1v) is 14.0. The molecular formula is C33H37NO6. The fraction of sp³-hybridized carbons (Fsp3) is 0.394. The molecule has 1 saturated heterocycles. The second-order valence-corrected chi connectivity index (χ2v) is 10.7. The Hall–Kier alpha value is -3.84. The zero-order chi connectivity index (χ0) is 28.1. The highest BCUT2D eigenvalue weighted by molar-refractivity contribution is 5.83. The Kier molecular flexibility index (Phi) is 8.40. The van der Waals surface area contributed by atoms with Crippen LogP contribution in [0.25, 0.3) is 0 Å². The van der Waals surface area contributed by atoms with Crippen molar-refractivity contribution in [3.63, 3.8) is 0 Å². The van der Waals surface area contributed by atoms with E-state index in [1.165, 1.54) is 10.5 Å². The Morgan fingerprint density at radius 3 is 2.35 bits per heavy atom. The van der Waals surface area contributed by atoms with Crippen molar-refractivity contribution in [3.05, 3.63) is 101 Å². The van der Waals surface area contributed by atoms with Crippen LogP contribution < -0.4 is 4.74 Å². The SMILES string of the molecule is CCOC(=O)[C@@H]1[C@H]2CCC(O)(c3ccc(OCCc4ccccc4)c(C)c3)[C@H]2CN1C(=O)OCc1ccccc1. The van der Waals surface area contributed by atoms with Gasteiger partial charge in [-0.3, -0.25) is 4.90 Å². The third-order valence-corrected chi connectivity index (χ3v) is 8.26. The average molecular weight is 544 g/mol. The standard InChI is InChI=1S/C33H37NO6/c1-3-38-31(35)30-27-16-18-33(37,28(27)21-34(30)32(36)40-22-25-12-8-5-9-13-25)26-14-15-29(23(2)20-26)39-19-17-24-10-6-4-7-11-24/h4-15,20,27-28,30,37H,3,16-19,21-22H2,1-2H3/t27-,28-,30-,33?/m0/s1. The number of benzene rings is 3. The number of carbonyl (C=O) groups is 2. The Balaban J connectivity index is 1.31. The Labute approximate surface area is 235 Å². The Bertz CT molecular complexity index is 1310. The number of nitrogens with zero attached hydrogens (tertiary/aromatic N) is 1. The van der Waals surface area contributed by atoms with Gasteiger partial charge in [0.05, 0.1) is 18.8 Å². The molecule has 0 bridgehead atoms. The minimum Gasteiger partial charge on any atom is -0.493 e. The summed E-state index contributed by atoms with van der Waals surface area (Å²) in [5.41, 5.74) is 2.60. The summed E-state index contributed by atoms with van der Waals surface area (Å²) in [4.78, 5) is 27.7. The van der Waals surface area contributed by atoms with Crippen LogP contribution in [0.2, 0.25) is 0 Å². The normalized spacial score (nSPS) is 23.5. The van der Waals surface area contributed by atoms with Crippen LogP contribution in [-0.2, 0) is 32.9 Å². The number of esters is 1. The van der Waals surface area contributed by atoms with Gasteiger partial charge >= 0.3 is 12.1 Å². The van der Waals surface area contributed by atoms with E-state index in [-0.39, 0.29) is 31.6 Å². The van der Waals surface area contributed by atoms with Crippen LogP contribution in [0.3, 0.4) is 0 Å². The number of hydrogen-bond acceptors (Lipinski definition) is 6. The van der Waals surface area contributed by atoms with Crippen LogP contribution in [0.1, 0.15) is 42.0 Å². The quantitative estimate of drug-likeness (QED) is 0.363. The second-order valence-electron chi connectivity index (χ2n) is 10.7. The van der Waals surface area contributed by atoms with E-state index in [0.29, 0.717) is 19.4 Å². The largest absolute Gasteiger partial charge is 0.493 e. The van der Waals surface area contributed by atoms with Crippen LogP contribution in [0.4, 0.5) is 4.79 Å². The fourth-order valence-electron chi connectivity index (χ4n) is 6.23. The highest BCUT2D eigenvalue weighted by atomic mass is 16.6. The fourth-order valence-corrected chi connectivity index (χ4v) is 6.23. The van der Waals surface area contributed by atoms with E-state index >= 15 is 0 Å². The Morgan fingerprint density at radius 2 is 1.68 bits per heavy atom. The summed E-state index contributed by atoms with van der Waals surface area (Å²) in [6.45, 7) is 4.82. The average Bonchev–Trinajstić information content (AvgIpc) is 3.52. The van der Waals surface area contributed by atoms with Gasteiger partial charge in [0.25, 0.3) is 0 Å². The maximum Gasteiger partial charge on any atom is 0.410 e. The first-order chi connectivity index (χ1) is 19.4. The van der Waals surface area contributed by atoms with E-state index in [1.54, 1.807) is 6.92 Å². The minimum atomic E-state index is -1.18. The summed E-state index contributed by atoms with van der Waals surface area (Å²) in [5.74, 6) is -0.222. The maximum absolute atomic E-state index is 13.2. The van der Waals surface area contributed by atoms with Gasteiger partial charge in [-0.15, -0.1) is 0 Å². The first-order valence-electron chi connectivity index (χ1n) is 14.0. The van der Waals surface area contributed by atoms with Gasteiger partial charge in [-0.05, 0) is 67.0 Å². The number of rotatable bonds is 9. The van der Waals surface area contributed by atoms with Crippen molar-refractivity contribution in [2.45, 2.75) is 51.4 Å². The molecule has 4 atom stereocenters. The molecule has 210 valence electrons. The lowest BCUT2D eigenvalue weighted by atomic mass is 9.80. The molecule has 1 N–H and O–H groups in total. The molecule has 3 aromatic carbocycles.